The van der Waals surface area contributed by atoms with Crippen LogP contribution in [0, 0.1) is 13.8 Å². The number of carbonyl (C=O) groups is 1. The fourth-order valence-corrected chi connectivity index (χ4v) is 4.23. The van der Waals surface area contributed by atoms with E-state index in [9.17, 15) is 9.90 Å². The quantitative estimate of drug-likeness (QED) is 0.691. The van der Waals surface area contributed by atoms with Crippen molar-refractivity contribution < 1.29 is 19.4 Å². The van der Waals surface area contributed by atoms with Crippen LogP contribution >= 0.6 is 11.6 Å². The van der Waals surface area contributed by atoms with E-state index in [0.717, 1.165) is 22.5 Å². The first-order valence-electron chi connectivity index (χ1n) is 9.95. The van der Waals surface area contributed by atoms with Crippen molar-refractivity contribution >= 4 is 23.2 Å². The average Bonchev–Trinajstić information content (AvgIpc) is 3.24. The molecule has 0 bridgehead atoms. The second-order valence-electron chi connectivity index (χ2n) is 7.44. The number of rotatable bonds is 7. The van der Waals surface area contributed by atoms with Gasteiger partial charge in [-0.05, 0) is 38.5 Å². The van der Waals surface area contributed by atoms with E-state index in [0.29, 0.717) is 36.2 Å². The molecule has 0 aliphatic carbocycles. The fraction of sp³-hybridized carbons (Fsp3) is 0.524. The molecule has 9 heteroatoms. The summed E-state index contributed by atoms with van der Waals surface area (Å²) in [6.45, 7) is 7.45. The van der Waals surface area contributed by atoms with Crippen LogP contribution in [0.15, 0.2) is 12.1 Å². The number of benzene rings is 1. The first-order chi connectivity index (χ1) is 14.3. The molecule has 2 aromatic rings. The molecule has 1 fully saturated rings. The molecule has 2 atom stereocenters. The number of nitrogens with zero attached hydrogens (tertiary/aromatic N) is 3. The van der Waals surface area contributed by atoms with Crippen LogP contribution in [-0.2, 0) is 18.3 Å². The number of hydrogen-bond donors (Lipinski definition) is 2. The predicted molar refractivity (Wildman–Crippen MR) is 115 cm³/mol. The Morgan fingerprint density at radius 3 is 2.77 bits per heavy atom. The van der Waals surface area contributed by atoms with Gasteiger partial charge in [-0.1, -0.05) is 11.6 Å². The summed E-state index contributed by atoms with van der Waals surface area (Å²) < 4.78 is 12.5. The molecule has 1 aliphatic rings. The Balaban J connectivity index is 1.86. The van der Waals surface area contributed by atoms with Crippen LogP contribution in [0.5, 0.6) is 5.88 Å². The van der Waals surface area contributed by atoms with Gasteiger partial charge in [0.05, 0.1) is 50.3 Å². The second kappa shape index (κ2) is 9.24. The third-order valence-corrected chi connectivity index (χ3v) is 5.79. The molecule has 0 spiro atoms. The number of methoxy groups -OCH3 is 1. The maximum absolute atomic E-state index is 13.0. The molecule has 2 N–H and O–H groups in total. The van der Waals surface area contributed by atoms with E-state index in [2.05, 4.69) is 10.4 Å². The number of nitrogens with one attached hydrogen (secondary N) is 1. The van der Waals surface area contributed by atoms with Crippen LogP contribution in [0.3, 0.4) is 0 Å². The largest absolute Gasteiger partial charge is 0.481 e. The number of amides is 1. The maximum Gasteiger partial charge on any atom is 0.251 e. The highest BCUT2D eigenvalue weighted by molar-refractivity contribution is 6.31. The Hall–Kier alpha value is -2.29. The normalized spacial score (nSPS) is 18.5. The number of carbonyl (C=O) groups excluding carboxylic acids is 1. The molecule has 0 radical (unpaired) electrons. The van der Waals surface area contributed by atoms with Crippen molar-refractivity contribution in [1.29, 1.82) is 0 Å². The van der Waals surface area contributed by atoms with Gasteiger partial charge in [-0.2, -0.15) is 5.10 Å². The summed E-state index contributed by atoms with van der Waals surface area (Å²) in [6, 6.07) is 3.32. The highest BCUT2D eigenvalue weighted by Crippen LogP contribution is 2.31. The number of halogens is 1. The van der Waals surface area contributed by atoms with E-state index in [1.807, 2.05) is 31.7 Å². The number of aliphatic hydroxyl groups excluding tert-OH is 1. The topological polar surface area (TPSA) is 88.9 Å². The molecule has 1 amide bonds. The van der Waals surface area contributed by atoms with Gasteiger partial charge in [-0.3, -0.25) is 4.79 Å². The highest BCUT2D eigenvalue weighted by Gasteiger charge is 2.32. The van der Waals surface area contributed by atoms with Crippen LogP contribution in [-0.4, -0.2) is 59.8 Å². The van der Waals surface area contributed by atoms with Gasteiger partial charge in [0.15, 0.2) is 0 Å². The summed E-state index contributed by atoms with van der Waals surface area (Å²) in [6.07, 6.45) is -0.582. The van der Waals surface area contributed by atoms with Gasteiger partial charge in [0.1, 0.15) is 0 Å². The van der Waals surface area contributed by atoms with E-state index in [1.165, 1.54) is 0 Å². The molecule has 3 rings (SSSR count). The lowest BCUT2D eigenvalue weighted by molar-refractivity contribution is 0.0950. The van der Waals surface area contributed by atoms with Gasteiger partial charge in [0.25, 0.3) is 5.91 Å². The van der Waals surface area contributed by atoms with Crippen molar-refractivity contribution in [2.24, 2.45) is 7.05 Å². The van der Waals surface area contributed by atoms with E-state index in [-0.39, 0.29) is 18.5 Å². The predicted octanol–water partition coefficient (Wildman–Crippen LogP) is 2.21. The lowest BCUT2D eigenvalue weighted by Gasteiger charge is -2.33. The van der Waals surface area contributed by atoms with Gasteiger partial charge in [-0.15, -0.1) is 0 Å². The Kier molecular flexibility index (Phi) is 6.90. The molecule has 2 heterocycles. The molecule has 1 aromatic heterocycles. The van der Waals surface area contributed by atoms with Crippen molar-refractivity contribution in [3.05, 3.63) is 39.5 Å². The molecular formula is C21H29ClN4O4. The smallest absolute Gasteiger partial charge is 0.251 e. The minimum atomic E-state index is -0.582. The summed E-state index contributed by atoms with van der Waals surface area (Å²) >= 11 is 6.37. The van der Waals surface area contributed by atoms with Crippen molar-refractivity contribution in [1.82, 2.24) is 15.1 Å². The van der Waals surface area contributed by atoms with E-state index in [1.54, 1.807) is 24.9 Å². The molecule has 2 unspecified atom stereocenters. The van der Waals surface area contributed by atoms with E-state index < -0.39 is 6.10 Å². The van der Waals surface area contributed by atoms with Gasteiger partial charge in [-0.25, -0.2) is 4.68 Å². The number of likely N-dealkylation sites (N-methyl/N-ethyl adjacent to an activating group) is 1. The fourth-order valence-electron chi connectivity index (χ4n) is 4.02. The first-order valence-corrected chi connectivity index (χ1v) is 10.3. The molecule has 8 nitrogen and oxygen atoms in total. The summed E-state index contributed by atoms with van der Waals surface area (Å²) in [5.74, 6) is 0.379. The second-order valence-corrected chi connectivity index (χ2v) is 7.87. The maximum atomic E-state index is 13.0. The molecule has 1 saturated heterocycles. The first kappa shape index (κ1) is 22.4. The zero-order chi connectivity index (χ0) is 22.0. The van der Waals surface area contributed by atoms with E-state index >= 15 is 0 Å². The van der Waals surface area contributed by atoms with Crippen LogP contribution in [0.25, 0.3) is 0 Å². The summed E-state index contributed by atoms with van der Waals surface area (Å²) in [5, 5.41) is 18.0. The summed E-state index contributed by atoms with van der Waals surface area (Å²) in [4.78, 5) is 15.1. The Morgan fingerprint density at radius 2 is 2.17 bits per heavy atom. The molecule has 0 saturated carbocycles. The van der Waals surface area contributed by atoms with E-state index in [4.69, 9.17) is 21.1 Å². The van der Waals surface area contributed by atoms with Crippen LogP contribution in [0.2, 0.25) is 5.02 Å². The van der Waals surface area contributed by atoms with Crippen molar-refractivity contribution in [3.63, 3.8) is 0 Å². The molecule has 1 aliphatic heterocycles. The third kappa shape index (κ3) is 4.26. The summed E-state index contributed by atoms with van der Waals surface area (Å²) in [5.41, 5.74) is 3.73. The Morgan fingerprint density at radius 1 is 1.43 bits per heavy atom. The van der Waals surface area contributed by atoms with Crippen LogP contribution in [0.1, 0.15) is 34.1 Å². The monoisotopic (exact) mass is 436 g/mol. The van der Waals surface area contributed by atoms with Gasteiger partial charge >= 0.3 is 0 Å². The third-order valence-electron chi connectivity index (χ3n) is 5.57. The number of anilines is 1. The Bertz CT molecular complexity index is 930. The average molecular weight is 437 g/mol. The number of hydrogen-bond acceptors (Lipinski definition) is 6. The molecule has 1 aromatic carbocycles. The lowest BCUT2D eigenvalue weighted by atomic mass is 10.0. The number of ether oxygens (including phenoxy) is 2. The van der Waals surface area contributed by atoms with Crippen molar-refractivity contribution in [2.45, 2.75) is 39.5 Å². The van der Waals surface area contributed by atoms with Gasteiger partial charge in [0.2, 0.25) is 5.88 Å². The number of aromatic nitrogens is 2. The molecule has 30 heavy (non-hydrogen) atoms. The lowest BCUT2D eigenvalue weighted by Crippen LogP contribution is -2.43. The minimum Gasteiger partial charge on any atom is -0.481 e. The number of aryl methyl sites for hydroxylation is 2. The molecule has 164 valence electrons. The van der Waals surface area contributed by atoms with Crippen molar-refractivity contribution in [3.8, 4) is 5.88 Å². The van der Waals surface area contributed by atoms with Crippen LogP contribution in [0.4, 0.5) is 5.69 Å². The zero-order valence-electron chi connectivity index (χ0n) is 18.0. The SMILES string of the molecule is CCN(c1cc(Cl)cc(C(=O)NCc2c(C)nn(C)c2OC)c1C)C1COCC1O. The highest BCUT2D eigenvalue weighted by atomic mass is 35.5. The standard InChI is InChI=1S/C21H29ClN4O4/c1-6-26(18-10-30-11-19(18)27)17-8-14(22)7-15(12(17)2)20(28)23-9-16-13(3)24-25(4)21(16)29-5/h7-8,18-19,27H,6,9-11H2,1-5H3,(H,23,28). The van der Waals surface area contributed by atoms with Gasteiger partial charge < -0.3 is 24.8 Å². The zero-order valence-corrected chi connectivity index (χ0v) is 18.8. The number of aliphatic hydroxyl groups is 1. The molecular weight excluding hydrogens is 408 g/mol. The van der Waals surface area contributed by atoms with Gasteiger partial charge in [0, 0.05) is 29.9 Å². The van der Waals surface area contributed by atoms with Crippen molar-refractivity contribution in [2.75, 3.05) is 31.8 Å². The van der Waals surface area contributed by atoms with Crippen LogP contribution < -0.4 is 15.0 Å². The summed E-state index contributed by atoms with van der Waals surface area (Å²) in [7, 11) is 3.38. The minimum absolute atomic E-state index is 0.176. The Labute approximate surface area is 181 Å².